The minimum absolute atomic E-state index is 0.00532. The van der Waals surface area contributed by atoms with E-state index in [4.69, 9.17) is 4.74 Å². The molecule has 0 aromatic heterocycles. The van der Waals surface area contributed by atoms with Crippen molar-refractivity contribution >= 4 is 11.8 Å². The van der Waals surface area contributed by atoms with E-state index in [9.17, 15) is 9.59 Å². The average Bonchev–Trinajstić information content (AvgIpc) is 3.39. The summed E-state index contributed by atoms with van der Waals surface area (Å²) in [4.78, 5) is 28.8. The number of ether oxygens (including phenoxy) is 1. The standard InChI is InChI=1S/C31H48N2O3/c1-24(2)22-27-23-36-28-14-8-7-13-26(28)12-4-3-9-17-31(30(35)32-27)18-20-33(21-19-31)29(34)16-15-25-10-5-6-11-25/h7-8,13-14,24-25,27H,3-6,9-12,15-23H2,1-2H3,(H,32,35)/t27-/m0/s1. The summed E-state index contributed by atoms with van der Waals surface area (Å²) in [7, 11) is 0. The van der Waals surface area contributed by atoms with Gasteiger partial charge in [0.05, 0.1) is 11.5 Å². The number of nitrogens with zero attached hydrogens (tertiary/aromatic N) is 1. The SMILES string of the molecule is CC(C)C[C@H]1COc2ccccc2CCCCCC2(CCN(C(=O)CCC3CCCC3)CC2)C(=O)N1. The van der Waals surface area contributed by atoms with Gasteiger partial charge in [0, 0.05) is 19.5 Å². The molecule has 1 aromatic rings. The number of aryl methyl sites for hydroxylation is 1. The molecular weight excluding hydrogens is 448 g/mol. The van der Waals surface area contributed by atoms with E-state index < -0.39 is 0 Å². The molecule has 4 rings (SSSR count). The van der Waals surface area contributed by atoms with Crippen LogP contribution in [-0.2, 0) is 16.0 Å². The minimum Gasteiger partial charge on any atom is -0.491 e. The van der Waals surface area contributed by atoms with Crippen LogP contribution in [0.4, 0.5) is 0 Å². The Morgan fingerprint density at radius 2 is 1.81 bits per heavy atom. The van der Waals surface area contributed by atoms with Crippen LogP contribution in [0.25, 0.3) is 0 Å². The fraction of sp³-hybridized carbons (Fsp3) is 0.742. The summed E-state index contributed by atoms with van der Waals surface area (Å²) in [6.45, 7) is 6.34. The molecule has 0 radical (unpaired) electrons. The second-order valence-electron chi connectivity index (χ2n) is 12.1. The fourth-order valence-corrected chi connectivity index (χ4v) is 6.63. The van der Waals surface area contributed by atoms with E-state index in [1.54, 1.807) is 0 Å². The van der Waals surface area contributed by atoms with Crippen LogP contribution in [0, 0.1) is 17.3 Å². The van der Waals surface area contributed by atoms with Crippen LogP contribution in [0.2, 0.25) is 0 Å². The second kappa shape index (κ2) is 13.0. The first-order valence-corrected chi connectivity index (χ1v) is 14.7. The van der Waals surface area contributed by atoms with Gasteiger partial charge in [0.2, 0.25) is 11.8 Å². The van der Waals surface area contributed by atoms with Gasteiger partial charge in [0.25, 0.3) is 0 Å². The first-order chi connectivity index (χ1) is 17.4. The number of carbonyl (C=O) groups is 2. The maximum absolute atomic E-state index is 13.8. The smallest absolute Gasteiger partial charge is 0.226 e. The van der Waals surface area contributed by atoms with Crippen LogP contribution in [-0.4, -0.2) is 42.5 Å². The van der Waals surface area contributed by atoms with Gasteiger partial charge >= 0.3 is 0 Å². The summed E-state index contributed by atoms with van der Waals surface area (Å²) in [6.07, 6.45) is 14.6. The summed E-state index contributed by atoms with van der Waals surface area (Å²) in [5.74, 6) is 2.66. The number of piperidine rings is 1. The number of rotatable bonds is 5. The molecule has 1 N–H and O–H groups in total. The molecule has 2 aliphatic heterocycles. The van der Waals surface area contributed by atoms with E-state index >= 15 is 0 Å². The monoisotopic (exact) mass is 496 g/mol. The lowest BCUT2D eigenvalue weighted by Gasteiger charge is -2.42. The van der Waals surface area contributed by atoms with Gasteiger partial charge in [0.1, 0.15) is 12.4 Å². The quantitative estimate of drug-likeness (QED) is 0.521. The summed E-state index contributed by atoms with van der Waals surface area (Å²) < 4.78 is 6.29. The lowest BCUT2D eigenvalue weighted by atomic mass is 9.73. The van der Waals surface area contributed by atoms with Crippen LogP contribution in [0.15, 0.2) is 24.3 Å². The second-order valence-corrected chi connectivity index (χ2v) is 12.1. The third-order valence-corrected chi connectivity index (χ3v) is 8.90. The molecule has 3 aliphatic rings. The number of hydrogen-bond donors (Lipinski definition) is 1. The molecular formula is C31H48N2O3. The largest absolute Gasteiger partial charge is 0.491 e. The van der Waals surface area contributed by atoms with Gasteiger partial charge in [0.15, 0.2) is 0 Å². The molecule has 1 atom stereocenters. The Morgan fingerprint density at radius 1 is 1.06 bits per heavy atom. The van der Waals surface area contributed by atoms with Gasteiger partial charge in [-0.3, -0.25) is 9.59 Å². The number of para-hydroxylation sites is 1. The average molecular weight is 497 g/mol. The van der Waals surface area contributed by atoms with Crippen molar-refractivity contribution in [3.8, 4) is 5.75 Å². The number of carbonyl (C=O) groups excluding carboxylic acids is 2. The van der Waals surface area contributed by atoms with Crippen LogP contribution in [0.1, 0.15) is 103 Å². The number of benzene rings is 1. The van der Waals surface area contributed by atoms with Crippen molar-refractivity contribution < 1.29 is 14.3 Å². The summed E-state index contributed by atoms with van der Waals surface area (Å²) in [6, 6.07) is 8.35. The van der Waals surface area contributed by atoms with Gasteiger partial charge < -0.3 is 15.0 Å². The van der Waals surface area contributed by atoms with Crippen molar-refractivity contribution in [2.75, 3.05) is 19.7 Å². The molecule has 2 amide bonds. The zero-order valence-electron chi connectivity index (χ0n) is 22.7. The molecule has 1 spiro atoms. The van der Waals surface area contributed by atoms with Crippen LogP contribution >= 0.6 is 0 Å². The Labute approximate surface area is 218 Å². The number of nitrogens with one attached hydrogen (secondary N) is 1. The molecule has 1 aliphatic carbocycles. The zero-order valence-corrected chi connectivity index (χ0v) is 22.7. The minimum atomic E-state index is -0.363. The Bertz CT molecular complexity index is 853. The van der Waals surface area contributed by atoms with Gasteiger partial charge in [-0.05, 0) is 68.4 Å². The summed E-state index contributed by atoms with van der Waals surface area (Å²) in [5.41, 5.74) is 0.906. The van der Waals surface area contributed by atoms with Gasteiger partial charge in [-0.2, -0.15) is 0 Å². The van der Waals surface area contributed by atoms with Crippen LogP contribution in [0.5, 0.6) is 5.75 Å². The topological polar surface area (TPSA) is 58.6 Å². The van der Waals surface area contributed by atoms with E-state index in [-0.39, 0.29) is 17.4 Å². The highest BCUT2D eigenvalue weighted by atomic mass is 16.5. The Hall–Kier alpha value is -2.04. The molecule has 0 bridgehead atoms. The predicted molar refractivity (Wildman–Crippen MR) is 145 cm³/mol. The lowest BCUT2D eigenvalue weighted by molar-refractivity contribution is -0.142. The molecule has 1 saturated carbocycles. The molecule has 1 aromatic carbocycles. The third-order valence-electron chi connectivity index (χ3n) is 8.90. The van der Waals surface area contributed by atoms with Crippen molar-refractivity contribution in [3.63, 3.8) is 0 Å². The maximum Gasteiger partial charge on any atom is 0.226 e. The van der Waals surface area contributed by atoms with Crippen molar-refractivity contribution in [3.05, 3.63) is 29.8 Å². The molecule has 0 unspecified atom stereocenters. The number of likely N-dealkylation sites (tertiary alicyclic amines) is 1. The van der Waals surface area contributed by atoms with Crippen molar-refractivity contribution in [2.24, 2.45) is 17.3 Å². The fourth-order valence-electron chi connectivity index (χ4n) is 6.63. The highest BCUT2D eigenvalue weighted by Crippen LogP contribution is 2.38. The number of fused-ring (bicyclic) bond motifs is 1. The highest BCUT2D eigenvalue weighted by Gasteiger charge is 2.42. The van der Waals surface area contributed by atoms with Gasteiger partial charge in [-0.25, -0.2) is 0 Å². The highest BCUT2D eigenvalue weighted by molar-refractivity contribution is 5.84. The van der Waals surface area contributed by atoms with Crippen molar-refractivity contribution in [1.29, 1.82) is 0 Å². The zero-order chi connectivity index (χ0) is 25.4. The predicted octanol–water partition coefficient (Wildman–Crippen LogP) is 6.29. The molecule has 200 valence electrons. The Kier molecular flexibility index (Phi) is 9.73. The third kappa shape index (κ3) is 7.26. The van der Waals surface area contributed by atoms with E-state index in [1.165, 1.54) is 31.2 Å². The first kappa shape index (κ1) is 27.0. The molecule has 2 heterocycles. The van der Waals surface area contributed by atoms with E-state index in [1.807, 2.05) is 11.0 Å². The number of amides is 2. The van der Waals surface area contributed by atoms with Gasteiger partial charge in [-0.15, -0.1) is 0 Å². The summed E-state index contributed by atoms with van der Waals surface area (Å²) >= 11 is 0. The first-order valence-electron chi connectivity index (χ1n) is 14.7. The maximum atomic E-state index is 13.8. The van der Waals surface area contributed by atoms with E-state index in [0.717, 1.165) is 69.5 Å². The Balaban J connectivity index is 1.40. The van der Waals surface area contributed by atoms with E-state index in [2.05, 4.69) is 37.4 Å². The van der Waals surface area contributed by atoms with Crippen molar-refractivity contribution in [2.45, 2.75) is 110 Å². The van der Waals surface area contributed by atoms with E-state index in [0.29, 0.717) is 37.9 Å². The normalized spacial score (nSPS) is 23.8. The van der Waals surface area contributed by atoms with Crippen LogP contribution < -0.4 is 10.1 Å². The molecule has 5 heteroatoms. The van der Waals surface area contributed by atoms with Gasteiger partial charge in [-0.1, -0.05) is 70.6 Å². The van der Waals surface area contributed by atoms with Crippen molar-refractivity contribution in [1.82, 2.24) is 10.2 Å². The van der Waals surface area contributed by atoms with Crippen LogP contribution in [0.3, 0.4) is 0 Å². The lowest BCUT2D eigenvalue weighted by Crippen LogP contribution is -2.53. The summed E-state index contributed by atoms with van der Waals surface area (Å²) in [5, 5.41) is 3.42. The molecule has 1 saturated heterocycles. The number of hydrogen-bond acceptors (Lipinski definition) is 3. The Morgan fingerprint density at radius 3 is 2.56 bits per heavy atom. The molecule has 36 heavy (non-hydrogen) atoms. The molecule has 2 fully saturated rings. The molecule has 5 nitrogen and oxygen atoms in total.